The zero-order valence-corrected chi connectivity index (χ0v) is 15.4. The molecule has 2 aliphatic rings. The minimum Gasteiger partial charge on any atom is -0.486 e. The van der Waals surface area contributed by atoms with Gasteiger partial charge in [-0.3, -0.25) is 4.79 Å². The molecule has 1 fully saturated rings. The Morgan fingerprint density at radius 2 is 1.85 bits per heavy atom. The molecule has 1 unspecified atom stereocenters. The number of ether oxygens (including phenoxy) is 2. The Kier molecular flexibility index (Phi) is 5.14. The molecule has 0 radical (unpaired) electrons. The highest BCUT2D eigenvalue weighted by Crippen LogP contribution is 2.31. The van der Waals surface area contributed by atoms with Crippen molar-refractivity contribution >= 4 is 17.4 Å². The normalized spacial score (nSPS) is 19.5. The van der Waals surface area contributed by atoms with Crippen LogP contribution in [0.25, 0.3) is 0 Å². The molecular formula is C21H22ClNO3. The highest BCUT2D eigenvalue weighted by molar-refractivity contribution is 6.30. The van der Waals surface area contributed by atoms with E-state index >= 15 is 0 Å². The van der Waals surface area contributed by atoms with Crippen molar-refractivity contribution in [3.05, 3.63) is 58.6 Å². The number of carbonyl (C=O) groups excluding carboxylic acids is 1. The molecule has 0 spiro atoms. The molecule has 2 aromatic carbocycles. The molecular weight excluding hydrogens is 350 g/mol. The van der Waals surface area contributed by atoms with Crippen molar-refractivity contribution in [3.8, 4) is 11.5 Å². The van der Waals surface area contributed by atoms with Gasteiger partial charge in [-0.25, -0.2) is 0 Å². The first-order chi connectivity index (χ1) is 12.7. The maximum atomic E-state index is 12.5. The third-order valence-electron chi connectivity index (χ3n) is 5.13. The van der Waals surface area contributed by atoms with E-state index in [9.17, 15) is 4.79 Å². The van der Waals surface area contributed by atoms with Gasteiger partial charge in [-0.2, -0.15) is 0 Å². The number of carbonyl (C=O) groups is 1. The van der Waals surface area contributed by atoms with E-state index in [1.54, 1.807) is 6.07 Å². The van der Waals surface area contributed by atoms with E-state index in [-0.39, 0.29) is 5.78 Å². The Bertz CT molecular complexity index is 790. The lowest BCUT2D eigenvalue weighted by Gasteiger charge is -2.19. The van der Waals surface area contributed by atoms with Crippen LogP contribution in [0.4, 0.5) is 0 Å². The van der Waals surface area contributed by atoms with E-state index in [2.05, 4.69) is 17.0 Å². The average molecular weight is 372 g/mol. The summed E-state index contributed by atoms with van der Waals surface area (Å²) in [6.45, 7) is 3.91. The summed E-state index contributed by atoms with van der Waals surface area (Å²) in [5.74, 6) is 2.07. The molecule has 2 aliphatic heterocycles. The Hall–Kier alpha value is -2.04. The van der Waals surface area contributed by atoms with Gasteiger partial charge in [-0.05, 0) is 54.8 Å². The molecule has 0 aliphatic carbocycles. The summed E-state index contributed by atoms with van der Waals surface area (Å²) in [7, 11) is 0. The average Bonchev–Trinajstić information content (AvgIpc) is 3.15. The predicted octanol–water partition coefficient (Wildman–Crippen LogP) is 4.17. The van der Waals surface area contributed by atoms with Crippen molar-refractivity contribution < 1.29 is 14.3 Å². The number of benzene rings is 2. The SMILES string of the molecule is O=C(CCN1CCC(c2ccc(Cl)cc2)C1)c1ccc2c(c1)OCCO2. The predicted molar refractivity (Wildman–Crippen MR) is 102 cm³/mol. The molecule has 1 atom stereocenters. The number of likely N-dealkylation sites (tertiary alicyclic amines) is 1. The second-order valence-corrected chi connectivity index (χ2v) is 7.31. The molecule has 0 N–H and O–H groups in total. The lowest BCUT2D eigenvalue weighted by molar-refractivity contribution is 0.0967. The minimum atomic E-state index is 0.150. The largest absolute Gasteiger partial charge is 0.486 e. The van der Waals surface area contributed by atoms with Gasteiger partial charge in [0.15, 0.2) is 17.3 Å². The van der Waals surface area contributed by atoms with Crippen LogP contribution < -0.4 is 9.47 Å². The Balaban J connectivity index is 1.31. The Morgan fingerprint density at radius 1 is 1.08 bits per heavy atom. The summed E-state index contributed by atoms with van der Waals surface area (Å²) in [5, 5.41) is 0.772. The zero-order chi connectivity index (χ0) is 17.9. The van der Waals surface area contributed by atoms with Crippen LogP contribution in [0, 0.1) is 0 Å². The van der Waals surface area contributed by atoms with Gasteiger partial charge >= 0.3 is 0 Å². The summed E-state index contributed by atoms with van der Waals surface area (Å²) in [4.78, 5) is 14.9. The molecule has 4 nitrogen and oxygen atoms in total. The number of nitrogens with zero attached hydrogens (tertiary/aromatic N) is 1. The number of ketones is 1. The van der Waals surface area contributed by atoms with Crippen molar-refractivity contribution in [2.45, 2.75) is 18.8 Å². The van der Waals surface area contributed by atoms with Crippen molar-refractivity contribution in [2.75, 3.05) is 32.8 Å². The maximum Gasteiger partial charge on any atom is 0.164 e. The van der Waals surface area contributed by atoms with Gasteiger partial charge in [0.05, 0.1) is 0 Å². The Labute approximate surface area is 158 Å². The second kappa shape index (κ2) is 7.68. The first kappa shape index (κ1) is 17.4. The fraction of sp³-hybridized carbons (Fsp3) is 0.381. The van der Waals surface area contributed by atoms with Gasteiger partial charge in [0.2, 0.25) is 0 Å². The van der Waals surface area contributed by atoms with E-state index in [0.29, 0.717) is 36.9 Å². The standard InChI is InChI=1S/C21H22ClNO3/c22-18-4-1-15(2-5-18)17-7-9-23(14-17)10-8-19(24)16-3-6-20-21(13-16)26-12-11-25-20/h1-6,13,17H,7-12,14H2. The smallest absolute Gasteiger partial charge is 0.164 e. The first-order valence-corrected chi connectivity index (χ1v) is 9.47. The number of halogens is 1. The van der Waals surface area contributed by atoms with Crippen LogP contribution in [0.3, 0.4) is 0 Å². The third kappa shape index (κ3) is 3.87. The summed E-state index contributed by atoms with van der Waals surface area (Å²) >= 11 is 5.97. The van der Waals surface area contributed by atoms with Crippen LogP contribution in [-0.4, -0.2) is 43.5 Å². The van der Waals surface area contributed by atoms with Crippen LogP contribution in [-0.2, 0) is 0 Å². The molecule has 4 rings (SSSR count). The van der Waals surface area contributed by atoms with Gasteiger partial charge in [0.1, 0.15) is 13.2 Å². The molecule has 1 saturated heterocycles. The van der Waals surface area contributed by atoms with Crippen LogP contribution in [0.1, 0.15) is 34.7 Å². The van der Waals surface area contributed by atoms with Crippen molar-refractivity contribution in [1.82, 2.24) is 4.90 Å². The number of rotatable bonds is 5. The van der Waals surface area contributed by atoms with Crippen LogP contribution in [0.15, 0.2) is 42.5 Å². The number of Topliss-reactive ketones (excluding diaryl/α,β-unsaturated/α-hetero) is 1. The van der Waals surface area contributed by atoms with E-state index in [1.807, 2.05) is 24.3 Å². The molecule has 0 amide bonds. The second-order valence-electron chi connectivity index (χ2n) is 6.87. The molecule has 136 valence electrons. The zero-order valence-electron chi connectivity index (χ0n) is 14.6. The number of fused-ring (bicyclic) bond motifs is 1. The van der Waals surface area contributed by atoms with Crippen LogP contribution in [0.2, 0.25) is 5.02 Å². The summed E-state index contributed by atoms with van der Waals surface area (Å²) in [5.41, 5.74) is 2.03. The molecule has 2 heterocycles. The van der Waals surface area contributed by atoms with Crippen molar-refractivity contribution in [1.29, 1.82) is 0 Å². The highest BCUT2D eigenvalue weighted by Gasteiger charge is 2.24. The first-order valence-electron chi connectivity index (χ1n) is 9.10. The van der Waals surface area contributed by atoms with Crippen LogP contribution in [0.5, 0.6) is 11.5 Å². The van der Waals surface area contributed by atoms with E-state index in [4.69, 9.17) is 21.1 Å². The van der Waals surface area contributed by atoms with Crippen molar-refractivity contribution in [2.24, 2.45) is 0 Å². The summed E-state index contributed by atoms with van der Waals surface area (Å²) in [6.07, 6.45) is 1.65. The number of hydrogen-bond donors (Lipinski definition) is 0. The van der Waals surface area contributed by atoms with E-state index in [1.165, 1.54) is 5.56 Å². The lowest BCUT2D eigenvalue weighted by atomic mass is 9.99. The van der Waals surface area contributed by atoms with E-state index in [0.717, 1.165) is 36.8 Å². The molecule has 26 heavy (non-hydrogen) atoms. The number of hydrogen-bond acceptors (Lipinski definition) is 4. The monoisotopic (exact) mass is 371 g/mol. The van der Waals surface area contributed by atoms with Gasteiger partial charge in [-0.15, -0.1) is 0 Å². The molecule has 0 bridgehead atoms. The molecule has 5 heteroatoms. The third-order valence-corrected chi connectivity index (χ3v) is 5.39. The van der Waals surface area contributed by atoms with Gasteiger partial charge in [-0.1, -0.05) is 23.7 Å². The summed E-state index contributed by atoms with van der Waals surface area (Å²) < 4.78 is 11.1. The fourth-order valence-electron chi connectivity index (χ4n) is 3.66. The quantitative estimate of drug-likeness (QED) is 0.739. The van der Waals surface area contributed by atoms with Crippen molar-refractivity contribution in [3.63, 3.8) is 0 Å². The fourth-order valence-corrected chi connectivity index (χ4v) is 3.79. The molecule has 0 aromatic heterocycles. The van der Waals surface area contributed by atoms with Gasteiger partial charge in [0, 0.05) is 30.1 Å². The molecule has 2 aromatic rings. The minimum absolute atomic E-state index is 0.150. The summed E-state index contributed by atoms with van der Waals surface area (Å²) in [6, 6.07) is 13.6. The lowest BCUT2D eigenvalue weighted by Crippen LogP contribution is -2.23. The Morgan fingerprint density at radius 3 is 2.65 bits per heavy atom. The highest BCUT2D eigenvalue weighted by atomic mass is 35.5. The van der Waals surface area contributed by atoms with E-state index < -0.39 is 0 Å². The van der Waals surface area contributed by atoms with Gasteiger partial charge < -0.3 is 14.4 Å². The van der Waals surface area contributed by atoms with Crippen LogP contribution >= 0.6 is 11.6 Å². The topological polar surface area (TPSA) is 38.8 Å². The maximum absolute atomic E-state index is 12.5. The van der Waals surface area contributed by atoms with Gasteiger partial charge in [0.25, 0.3) is 0 Å². The molecule has 0 saturated carbocycles.